The molecule has 0 N–H and O–H groups in total. The van der Waals surface area contributed by atoms with Crippen LogP contribution in [0.2, 0.25) is 0 Å². The molecule has 2 aromatic carbocycles. The van der Waals surface area contributed by atoms with Crippen molar-refractivity contribution in [3.05, 3.63) is 65.2 Å². The van der Waals surface area contributed by atoms with Crippen molar-refractivity contribution in [2.24, 2.45) is 0 Å². The maximum atomic E-state index is 12.4. The number of hydrogen-bond donors (Lipinski definition) is 0. The Morgan fingerprint density at radius 2 is 1.86 bits per heavy atom. The van der Waals surface area contributed by atoms with E-state index < -0.39 is 0 Å². The van der Waals surface area contributed by atoms with Crippen LogP contribution in [0.25, 0.3) is 0 Å². The molecular weight excluding hydrogens is 290 g/mol. The molecule has 22 heavy (non-hydrogen) atoms. The summed E-state index contributed by atoms with van der Waals surface area (Å²) in [5.74, 6) is 0. The molecule has 2 nitrogen and oxygen atoms in total. The molecule has 0 aliphatic rings. The second-order valence-corrected chi connectivity index (χ2v) is 6.12. The van der Waals surface area contributed by atoms with Gasteiger partial charge in [0.25, 0.3) is 0 Å². The Balaban J connectivity index is 2.23. The van der Waals surface area contributed by atoms with E-state index in [0.29, 0.717) is 11.1 Å². The van der Waals surface area contributed by atoms with Crippen molar-refractivity contribution in [2.75, 3.05) is 0 Å². The highest BCUT2D eigenvalue weighted by Gasteiger charge is 2.13. The first kappa shape index (κ1) is 16.3. The highest BCUT2D eigenvalue weighted by atomic mass is 32.2. The van der Waals surface area contributed by atoms with Crippen molar-refractivity contribution >= 4 is 16.9 Å². The maximum absolute atomic E-state index is 12.4. The minimum Gasteiger partial charge on any atom is -0.281 e. The van der Waals surface area contributed by atoms with Gasteiger partial charge in [-0.3, -0.25) is 4.79 Å². The van der Waals surface area contributed by atoms with Crippen LogP contribution in [0, 0.1) is 11.3 Å². The summed E-state index contributed by atoms with van der Waals surface area (Å²) in [4.78, 5) is 13.3. The fourth-order valence-corrected chi connectivity index (χ4v) is 3.24. The Morgan fingerprint density at radius 3 is 2.55 bits per heavy atom. The molecule has 0 radical (unpaired) electrons. The third-order valence-electron chi connectivity index (χ3n) is 3.50. The molecule has 0 aliphatic carbocycles. The molecule has 0 bridgehead atoms. The van der Waals surface area contributed by atoms with Crippen molar-refractivity contribution in [3.8, 4) is 6.07 Å². The molecule has 0 unspecified atom stereocenters. The van der Waals surface area contributed by atoms with Gasteiger partial charge in [0, 0.05) is 10.5 Å². The number of rotatable bonds is 6. The van der Waals surface area contributed by atoms with E-state index in [0.717, 1.165) is 36.1 Å². The fraction of sp³-hybridized carbons (Fsp3) is 0.263. The monoisotopic (exact) mass is 309 g/mol. The minimum absolute atomic E-state index is 0.0208. The lowest BCUT2D eigenvalue weighted by molar-refractivity contribution is 0.108. The summed E-state index contributed by atoms with van der Waals surface area (Å²) in [5, 5.41) is 9.33. The number of nitriles is 1. The van der Waals surface area contributed by atoms with E-state index in [1.807, 2.05) is 48.5 Å². The van der Waals surface area contributed by atoms with Crippen molar-refractivity contribution < 1.29 is 4.79 Å². The molecule has 0 fully saturated rings. The zero-order valence-corrected chi connectivity index (χ0v) is 13.5. The Kier molecular flexibility index (Phi) is 6.24. The molecule has 0 atom stereocenters. The number of benzene rings is 2. The third kappa shape index (κ3) is 4.22. The summed E-state index contributed by atoms with van der Waals surface area (Å²) in [7, 11) is 0. The molecule has 0 saturated carbocycles. The zero-order chi connectivity index (χ0) is 15.8. The molecule has 0 aromatic heterocycles. The van der Waals surface area contributed by atoms with E-state index in [1.165, 1.54) is 11.8 Å². The molecular formula is C19H19NOS. The van der Waals surface area contributed by atoms with Gasteiger partial charge in [-0.1, -0.05) is 56.2 Å². The van der Waals surface area contributed by atoms with E-state index >= 15 is 0 Å². The van der Waals surface area contributed by atoms with Gasteiger partial charge in [-0.2, -0.15) is 5.26 Å². The van der Waals surface area contributed by atoms with Gasteiger partial charge in [-0.25, -0.2) is 0 Å². The van der Waals surface area contributed by atoms with Crippen LogP contribution in [-0.4, -0.2) is 5.12 Å². The molecule has 0 aliphatic heterocycles. The molecule has 2 rings (SSSR count). The van der Waals surface area contributed by atoms with Crippen molar-refractivity contribution in [3.63, 3.8) is 0 Å². The predicted octanol–water partition coefficient (Wildman–Crippen LogP) is 5.22. The lowest BCUT2D eigenvalue weighted by Gasteiger charge is -2.10. The van der Waals surface area contributed by atoms with E-state index in [2.05, 4.69) is 13.0 Å². The zero-order valence-electron chi connectivity index (χ0n) is 12.7. The first-order valence-electron chi connectivity index (χ1n) is 7.55. The van der Waals surface area contributed by atoms with Crippen LogP contribution < -0.4 is 0 Å². The number of carbonyl (C=O) groups is 1. The summed E-state index contributed by atoms with van der Waals surface area (Å²) in [6.45, 7) is 2.16. The van der Waals surface area contributed by atoms with Gasteiger partial charge in [0.15, 0.2) is 0 Å². The number of nitrogens with zero attached hydrogens (tertiary/aromatic N) is 1. The average molecular weight is 309 g/mol. The van der Waals surface area contributed by atoms with E-state index in [4.69, 9.17) is 0 Å². The summed E-state index contributed by atoms with van der Waals surface area (Å²) in [5.41, 5.74) is 2.38. The summed E-state index contributed by atoms with van der Waals surface area (Å²) in [6, 6.07) is 17.1. The van der Waals surface area contributed by atoms with Crippen LogP contribution in [0.15, 0.2) is 53.4 Å². The van der Waals surface area contributed by atoms with E-state index in [9.17, 15) is 10.1 Å². The van der Waals surface area contributed by atoms with Gasteiger partial charge >= 0.3 is 0 Å². The minimum atomic E-state index is 0.0208. The molecule has 3 heteroatoms. The van der Waals surface area contributed by atoms with E-state index in [-0.39, 0.29) is 5.12 Å². The molecule has 112 valence electrons. The average Bonchev–Trinajstić information content (AvgIpc) is 2.57. The van der Waals surface area contributed by atoms with Crippen molar-refractivity contribution in [2.45, 2.75) is 37.5 Å². The second kappa shape index (κ2) is 8.41. The van der Waals surface area contributed by atoms with Crippen LogP contribution in [0.1, 0.15) is 47.7 Å². The number of hydrogen-bond acceptors (Lipinski definition) is 3. The fourth-order valence-electron chi connectivity index (χ4n) is 2.31. The van der Waals surface area contributed by atoms with Gasteiger partial charge in [0.05, 0.1) is 11.6 Å². The highest BCUT2D eigenvalue weighted by molar-refractivity contribution is 8.14. The molecule has 0 spiro atoms. The molecule has 0 heterocycles. The van der Waals surface area contributed by atoms with Gasteiger partial charge in [-0.05, 0) is 42.3 Å². The topological polar surface area (TPSA) is 40.9 Å². The van der Waals surface area contributed by atoms with Crippen molar-refractivity contribution in [1.82, 2.24) is 0 Å². The highest BCUT2D eigenvalue weighted by Crippen LogP contribution is 2.29. The van der Waals surface area contributed by atoms with Gasteiger partial charge in [-0.15, -0.1) is 0 Å². The number of unbranched alkanes of at least 4 members (excludes halogenated alkanes) is 2. The largest absolute Gasteiger partial charge is 0.281 e. The Hall–Kier alpha value is -2.05. The normalized spacial score (nSPS) is 10.2. The molecule has 2 aromatic rings. The third-order valence-corrected chi connectivity index (χ3v) is 4.52. The SMILES string of the molecule is CCCCCc1c(C#N)cccc1SC(=O)c1ccccc1. The predicted molar refractivity (Wildman–Crippen MR) is 91.0 cm³/mol. The van der Waals surface area contributed by atoms with Crippen LogP contribution >= 0.6 is 11.8 Å². The Bertz CT molecular complexity index is 674. The Labute approximate surface area is 136 Å². The van der Waals surface area contributed by atoms with Crippen LogP contribution in [-0.2, 0) is 6.42 Å². The first-order chi connectivity index (χ1) is 10.8. The van der Waals surface area contributed by atoms with Crippen LogP contribution in [0.3, 0.4) is 0 Å². The second-order valence-electron chi connectivity index (χ2n) is 5.11. The van der Waals surface area contributed by atoms with Crippen LogP contribution in [0.5, 0.6) is 0 Å². The summed E-state index contributed by atoms with van der Waals surface area (Å²) < 4.78 is 0. The van der Waals surface area contributed by atoms with Gasteiger partial charge in [0.2, 0.25) is 5.12 Å². The van der Waals surface area contributed by atoms with Gasteiger partial charge < -0.3 is 0 Å². The standard InChI is InChI=1S/C19H19NOS/c1-2-3-5-12-17-16(14-20)11-8-13-18(17)22-19(21)15-9-6-4-7-10-15/h4,6-11,13H,2-3,5,12H2,1H3. The lowest BCUT2D eigenvalue weighted by atomic mass is 10.0. The maximum Gasteiger partial charge on any atom is 0.224 e. The summed E-state index contributed by atoms with van der Waals surface area (Å²) >= 11 is 1.22. The van der Waals surface area contributed by atoms with E-state index in [1.54, 1.807) is 0 Å². The number of thioether (sulfide) groups is 1. The summed E-state index contributed by atoms with van der Waals surface area (Å²) in [6.07, 6.45) is 4.17. The molecule has 0 amide bonds. The van der Waals surface area contributed by atoms with Crippen LogP contribution in [0.4, 0.5) is 0 Å². The smallest absolute Gasteiger partial charge is 0.224 e. The lowest BCUT2D eigenvalue weighted by Crippen LogP contribution is -1.98. The first-order valence-corrected chi connectivity index (χ1v) is 8.37. The Morgan fingerprint density at radius 1 is 1.09 bits per heavy atom. The van der Waals surface area contributed by atoms with Gasteiger partial charge in [0.1, 0.15) is 0 Å². The number of carbonyl (C=O) groups excluding carboxylic acids is 1. The molecule has 0 saturated heterocycles. The van der Waals surface area contributed by atoms with Crippen molar-refractivity contribution in [1.29, 1.82) is 5.26 Å². The quantitative estimate of drug-likeness (QED) is 0.542.